The Morgan fingerprint density at radius 3 is 2.29 bits per heavy atom. The second-order valence-electron chi connectivity index (χ2n) is 7.34. The van der Waals surface area contributed by atoms with Crippen LogP contribution in [0.1, 0.15) is 84.5 Å². The van der Waals surface area contributed by atoms with Crippen molar-refractivity contribution >= 4 is 11.8 Å². The van der Waals surface area contributed by atoms with E-state index in [-0.39, 0.29) is 0 Å². The number of thioether (sulfide) groups is 1. The zero-order valence-electron chi connectivity index (χ0n) is 14.4. The van der Waals surface area contributed by atoms with Gasteiger partial charge in [-0.15, -0.1) is 0 Å². The molecule has 0 spiro atoms. The van der Waals surface area contributed by atoms with E-state index in [1.807, 2.05) is 0 Å². The molecule has 1 nitrogen and oxygen atoms in total. The highest BCUT2D eigenvalue weighted by Gasteiger charge is 2.27. The van der Waals surface area contributed by atoms with E-state index in [9.17, 15) is 0 Å². The van der Waals surface area contributed by atoms with Gasteiger partial charge in [0, 0.05) is 17.0 Å². The Labute approximate surface area is 137 Å². The van der Waals surface area contributed by atoms with E-state index in [1.165, 1.54) is 82.9 Å². The third kappa shape index (κ3) is 6.14. The van der Waals surface area contributed by atoms with E-state index in [4.69, 9.17) is 0 Å². The van der Waals surface area contributed by atoms with Crippen LogP contribution in [0, 0.1) is 11.8 Å². The molecule has 0 saturated heterocycles. The van der Waals surface area contributed by atoms with E-state index in [1.54, 1.807) is 0 Å². The Morgan fingerprint density at radius 2 is 1.67 bits per heavy atom. The van der Waals surface area contributed by atoms with Crippen LogP contribution in [0.3, 0.4) is 0 Å². The van der Waals surface area contributed by atoms with Gasteiger partial charge >= 0.3 is 0 Å². The molecule has 0 aromatic rings. The first kappa shape index (κ1) is 17.7. The van der Waals surface area contributed by atoms with Gasteiger partial charge in [0.1, 0.15) is 0 Å². The van der Waals surface area contributed by atoms with Crippen LogP contribution in [0.5, 0.6) is 0 Å². The predicted octanol–water partition coefficient (Wildman–Crippen LogP) is 5.64. The van der Waals surface area contributed by atoms with Gasteiger partial charge in [0.2, 0.25) is 0 Å². The van der Waals surface area contributed by atoms with E-state index >= 15 is 0 Å². The Kier molecular flexibility index (Phi) is 8.54. The largest absolute Gasteiger partial charge is 0.313 e. The van der Waals surface area contributed by atoms with Gasteiger partial charge in [-0.1, -0.05) is 52.4 Å². The SMILES string of the molecule is CCCNC(CSC1CCCCC1)C1CCC(CC)CC1. The van der Waals surface area contributed by atoms with Gasteiger partial charge in [0.05, 0.1) is 0 Å². The molecule has 124 valence electrons. The minimum absolute atomic E-state index is 0.787. The summed E-state index contributed by atoms with van der Waals surface area (Å²) in [5.74, 6) is 3.35. The van der Waals surface area contributed by atoms with Crippen LogP contribution in [0.4, 0.5) is 0 Å². The van der Waals surface area contributed by atoms with Crippen molar-refractivity contribution < 1.29 is 0 Å². The first-order valence-electron chi connectivity index (χ1n) is 9.68. The fraction of sp³-hybridized carbons (Fsp3) is 1.00. The average Bonchev–Trinajstić information content (AvgIpc) is 2.56. The zero-order chi connectivity index (χ0) is 14.9. The molecule has 2 fully saturated rings. The summed E-state index contributed by atoms with van der Waals surface area (Å²) in [5, 5.41) is 4.86. The summed E-state index contributed by atoms with van der Waals surface area (Å²) in [4.78, 5) is 0. The fourth-order valence-electron chi connectivity index (χ4n) is 4.16. The van der Waals surface area contributed by atoms with Crippen molar-refractivity contribution in [1.82, 2.24) is 5.32 Å². The van der Waals surface area contributed by atoms with Crippen molar-refractivity contribution in [3.63, 3.8) is 0 Å². The summed E-state index contributed by atoms with van der Waals surface area (Å²) in [6.07, 6.45) is 16.0. The molecule has 0 heterocycles. The summed E-state index contributed by atoms with van der Waals surface area (Å²) >= 11 is 2.29. The lowest BCUT2D eigenvalue weighted by atomic mass is 9.78. The molecule has 0 aromatic heterocycles. The summed E-state index contributed by atoms with van der Waals surface area (Å²) in [6.45, 7) is 5.88. The Morgan fingerprint density at radius 1 is 0.952 bits per heavy atom. The van der Waals surface area contributed by atoms with Crippen LogP contribution in [-0.2, 0) is 0 Å². The van der Waals surface area contributed by atoms with E-state index in [2.05, 4.69) is 30.9 Å². The second-order valence-corrected chi connectivity index (χ2v) is 8.68. The van der Waals surface area contributed by atoms with Crippen LogP contribution >= 0.6 is 11.8 Å². The quantitative estimate of drug-likeness (QED) is 0.623. The first-order valence-corrected chi connectivity index (χ1v) is 10.7. The predicted molar refractivity (Wildman–Crippen MR) is 97.2 cm³/mol. The number of hydrogen-bond acceptors (Lipinski definition) is 2. The molecule has 21 heavy (non-hydrogen) atoms. The normalized spacial score (nSPS) is 29.4. The molecule has 2 saturated carbocycles. The molecule has 2 aliphatic carbocycles. The highest BCUT2D eigenvalue weighted by molar-refractivity contribution is 7.99. The molecule has 2 heteroatoms. The van der Waals surface area contributed by atoms with Gasteiger partial charge in [-0.3, -0.25) is 0 Å². The molecule has 1 atom stereocenters. The molecule has 0 bridgehead atoms. The standard InChI is InChI=1S/C19H37NS/c1-3-14-20-19(15-21-18-8-6-5-7-9-18)17-12-10-16(4-2)11-13-17/h16-20H,3-15H2,1-2H3. The van der Waals surface area contributed by atoms with Gasteiger partial charge in [-0.25, -0.2) is 0 Å². The average molecular weight is 312 g/mol. The molecular formula is C19H37NS. The molecular weight excluding hydrogens is 274 g/mol. The van der Waals surface area contributed by atoms with Crippen LogP contribution in [0.25, 0.3) is 0 Å². The third-order valence-corrected chi connectivity index (χ3v) is 7.25. The third-order valence-electron chi connectivity index (χ3n) is 5.76. The first-order chi connectivity index (χ1) is 10.3. The highest BCUT2D eigenvalue weighted by Crippen LogP contribution is 2.35. The number of nitrogens with one attached hydrogen (secondary N) is 1. The van der Waals surface area contributed by atoms with Gasteiger partial charge in [-0.05, 0) is 50.5 Å². The maximum atomic E-state index is 3.89. The zero-order valence-corrected chi connectivity index (χ0v) is 15.2. The minimum Gasteiger partial charge on any atom is -0.313 e. The molecule has 0 aliphatic heterocycles. The Bertz CT molecular complexity index is 254. The van der Waals surface area contributed by atoms with E-state index < -0.39 is 0 Å². The topological polar surface area (TPSA) is 12.0 Å². The summed E-state index contributed by atoms with van der Waals surface area (Å²) in [7, 11) is 0. The Balaban J connectivity index is 1.76. The Hall–Kier alpha value is 0.310. The molecule has 1 unspecified atom stereocenters. The van der Waals surface area contributed by atoms with Gasteiger partial charge in [0.25, 0.3) is 0 Å². The molecule has 0 aromatic carbocycles. The molecule has 0 radical (unpaired) electrons. The van der Waals surface area contributed by atoms with E-state index in [0.29, 0.717) is 0 Å². The van der Waals surface area contributed by atoms with Crippen molar-refractivity contribution in [1.29, 1.82) is 0 Å². The number of hydrogen-bond donors (Lipinski definition) is 1. The van der Waals surface area contributed by atoms with Crippen molar-refractivity contribution in [2.24, 2.45) is 11.8 Å². The molecule has 1 N–H and O–H groups in total. The lowest BCUT2D eigenvalue weighted by Crippen LogP contribution is -2.41. The van der Waals surface area contributed by atoms with E-state index in [0.717, 1.165) is 23.1 Å². The molecule has 0 amide bonds. The highest BCUT2D eigenvalue weighted by atomic mass is 32.2. The molecule has 2 aliphatic rings. The fourth-order valence-corrected chi connectivity index (χ4v) is 5.70. The second kappa shape index (κ2) is 10.2. The van der Waals surface area contributed by atoms with Crippen LogP contribution in [-0.4, -0.2) is 23.6 Å². The van der Waals surface area contributed by atoms with Gasteiger partial charge in [-0.2, -0.15) is 11.8 Å². The lowest BCUT2D eigenvalue weighted by molar-refractivity contribution is 0.228. The maximum Gasteiger partial charge on any atom is 0.0186 e. The lowest BCUT2D eigenvalue weighted by Gasteiger charge is -2.35. The van der Waals surface area contributed by atoms with Gasteiger partial charge < -0.3 is 5.32 Å². The van der Waals surface area contributed by atoms with Crippen LogP contribution in [0.2, 0.25) is 0 Å². The van der Waals surface area contributed by atoms with Crippen molar-refractivity contribution in [2.75, 3.05) is 12.3 Å². The van der Waals surface area contributed by atoms with Crippen molar-refractivity contribution in [2.45, 2.75) is 95.8 Å². The van der Waals surface area contributed by atoms with Gasteiger partial charge in [0.15, 0.2) is 0 Å². The summed E-state index contributed by atoms with van der Waals surface area (Å²) in [5.41, 5.74) is 0. The summed E-state index contributed by atoms with van der Waals surface area (Å²) < 4.78 is 0. The summed E-state index contributed by atoms with van der Waals surface area (Å²) in [6, 6.07) is 0.787. The molecule has 2 rings (SSSR count). The van der Waals surface area contributed by atoms with Crippen molar-refractivity contribution in [3.05, 3.63) is 0 Å². The maximum absolute atomic E-state index is 3.89. The van der Waals surface area contributed by atoms with Crippen molar-refractivity contribution in [3.8, 4) is 0 Å². The monoisotopic (exact) mass is 311 g/mol. The van der Waals surface area contributed by atoms with Crippen LogP contribution < -0.4 is 5.32 Å². The minimum atomic E-state index is 0.787. The number of rotatable bonds is 8. The van der Waals surface area contributed by atoms with Crippen LogP contribution in [0.15, 0.2) is 0 Å². The smallest absolute Gasteiger partial charge is 0.0186 e.